The summed E-state index contributed by atoms with van der Waals surface area (Å²) in [5.74, 6) is -3.69. The molecule has 1 amide bonds. The highest BCUT2D eigenvalue weighted by molar-refractivity contribution is 6.04. The lowest BCUT2D eigenvalue weighted by molar-refractivity contribution is 0.102. The fourth-order valence-corrected chi connectivity index (χ4v) is 2.84. The third-order valence-corrected chi connectivity index (χ3v) is 4.32. The number of hydrogen-bond acceptors (Lipinski definition) is 4. The van der Waals surface area contributed by atoms with Gasteiger partial charge in [0.05, 0.1) is 6.20 Å². The minimum Gasteiger partial charge on any atom is -0.437 e. The average molecular weight is 421 g/mol. The number of ether oxygens (including phenoxy) is 1. The minimum absolute atomic E-state index is 0.164. The number of amides is 1. The third-order valence-electron chi connectivity index (χ3n) is 4.32. The van der Waals surface area contributed by atoms with Gasteiger partial charge in [-0.15, -0.1) is 0 Å². The second kappa shape index (κ2) is 8.66. The number of anilines is 1. The zero-order chi connectivity index (χ0) is 21.8. The number of carbonyl (C=O) groups excluding carboxylic acids is 1. The highest BCUT2D eigenvalue weighted by Gasteiger charge is 2.13. The molecule has 0 aliphatic rings. The van der Waals surface area contributed by atoms with Gasteiger partial charge >= 0.3 is 0 Å². The SMILES string of the molecule is O=C(Nc1cccc(Oc2cnccn2)c1)c1ccc(-c2cc(F)c(F)c(F)c2)cc1. The second-order valence-corrected chi connectivity index (χ2v) is 6.46. The molecule has 5 nitrogen and oxygen atoms in total. The number of halogens is 3. The molecule has 0 fully saturated rings. The number of rotatable bonds is 5. The number of carbonyl (C=O) groups is 1. The zero-order valence-electron chi connectivity index (χ0n) is 15.9. The zero-order valence-corrected chi connectivity index (χ0v) is 15.9. The van der Waals surface area contributed by atoms with Gasteiger partial charge in [-0.05, 0) is 47.5 Å². The van der Waals surface area contributed by atoms with Gasteiger partial charge in [0.2, 0.25) is 5.88 Å². The van der Waals surface area contributed by atoms with Gasteiger partial charge in [0.1, 0.15) is 5.75 Å². The van der Waals surface area contributed by atoms with E-state index in [1.54, 1.807) is 24.3 Å². The van der Waals surface area contributed by atoms with Crippen LogP contribution in [0.2, 0.25) is 0 Å². The van der Waals surface area contributed by atoms with Crippen molar-refractivity contribution >= 4 is 11.6 Å². The quantitative estimate of drug-likeness (QED) is 0.426. The van der Waals surface area contributed by atoms with Crippen LogP contribution in [0.3, 0.4) is 0 Å². The van der Waals surface area contributed by atoms with Crippen molar-refractivity contribution in [2.75, 3.05) is 5.32 Å². The highest BCUT2D eigenvalue weighted by Crippen LogP contribution is 2.25. The van der Waals surface area contributed by atoms with E-state index in [0.717, 1.165) is 12.1 Å². The molecule has 4 aromatic rings. The Labute approximate surface area is 175 Å². The lowest BCUT2D eigenvalue weighted by Crippen LogP contribution is -2.11. The molecule has 0 atom stereocenters. The first-order valence-electron chi connectivity index (χ1n) is 9.10. The Balaban J connectivity index is 1.47. The molecule has 0 radical (unpaired) electrons. The number of nitrogens with one attached hydrogen (secondary N) is 1. The van der Waals surface area contributed by atoms with Crippen LogP contribution in [0.1, 0.15) is 10.4 Å². The molecule has 0 unspecified atom stereocenters. The summed E-state index contributed by atoms with van der Waals surface area (Å²) in [5.41, 5.74) is 1.43. The van der Waals surface area contributed by atoms with Gasteiger partial charge in [-0.25, -0.2) is 18.2 Å². The molecular weight excluding hydrogens is 407 g/mol. The summed E-state index contributed by atoms with van der Waals surface area (Å²) in [6, 6.07) is 14.6. The maximum Gasteiger partial charge on any atom is 0.255 e. The van der Waals surface area contributed by atoms with E-state index in [-0.39, 0.29) is 11.5 Å². The average Bonchev–Trinajstić information content (AvgIpc) is 2.78. The maximum atomic E-state index is 13.4. The summed E-state index contributed by atoms with van der Waals surface area (Å²) in [4.78, 5) is 20.5. The van der Waals surface area contributed by atoms with Gasteiger partial charge in [0, 0.05) is 29.7 Å². The molecule has 1 aromatic heterocycles. The number of nitrogens with zero attached hydrogens (tertiary/aromatic N) is 2. The Hall–Kier alpha value is -4.20. The van der Waals surface area contributed by atoms with Crippen molar-refractivity contribution < 1.29 is 22.7 Å². The van der Waals surface area contributed by atoms with Gasteiger partial charge in [0.15, 0.2) is 17.5 Å². The lowest BCUT2D eigenvalue weighted by atomic mass is 10.0. The largest absolute Gasteiger partial charge is 0.437 e. The number of benzene rings is 3. The summed E-state index contributed by atoms with van der Waals surface area (Å²) in [6.07, 6.45) is 4.49. The molecule has 0 aliphatic carbocycles. The lowest BCUT2D eigenvalue weighted by Gasteiger charge is -2.09. The van der Waals surface area contributed by atoms with E-state index in [9.17, 15) is 18.0 Å². The van der Waals surface area contributed by atoms with Crippen molar-refractivity contribution in [1.29, 1.82) is 0 Å². The monoisotopic (exact) mass is 421 g/mol. The molecule has 0 spiro atoms. The number of aromatic nitrogens is 2. The van der Waals surface area contributed by atoms with Crippen LogP contribution in [0.4, 0.5) is 18.9 Å². The van der Waals surface area contributed by atoms with E-state index < -0.39 is 17.5 Å². The molecule has 0 saturated heterocycles. The first kappa shape index (κ1) is 20.1. The van der Waals surface area contributed by atoms with Gasteiger partial charge in [-0.2, -0.15) is 0 Å². The molecular formula is C23H14F3N3O2. The van der Waals surface area contributed by atoms with Gasteiger partial charge in [-0.3, -0.25) is 9.78 Å². The van der Waals surface area contributed by atoms with Crippen LogP contribution in [0.25, 0.3) is 11.1 Å². The first-order valence-corrected chi connectivity index (χ1v) is 9.10. The van der Waals surface area contributed by atoms with Crippen LogP contribution >= 0.6 is 0 Å². The van der Waals surface area contributed by atoms with E-state index in [1.807, 2.05) is 0 Å². The highest BCUT2D eigenvalue weighted by atomic mass is 19.2. The summed E-state index contributed by atoms with van der Waals surface area (Å²) in [5, 5.41) is 2.74. The molecule has 0 saturated carbocycles. The Kier molecular flexibility index (Phi) is 5.61. The Morgan fingerprint density at radius 3 is 2.29 bits per heavy atom. The van der Waals surface area contributed by atoms with E-state index in [4.69, 9.17) is 4.74 Å². The molecule has 0 bridgehead atoms. The Morgan fingerprint density at radius 2 is 1.61 bits per heavy atom. The smallest absolute Gasteiger partial charge is 0.255 e. The van der Waals surface area contributed by atoms with Gasteiger partial charge in [0.25, 0.3) is 5.91 Å². The standard InChI is InChI=1S/C23H14F3N3O2/c24-19-10-16(11-20(25)22(19)26)14-4-6-15(7-5-14)23(30)29-17-2-1-3-18(12-17)31-21-13-27-8-9-28-21/h1-13H,(H,29,30). The molecule has 4 rings (SSSR count). The van der Waals surface area contributed by atoms with Crippen molar-refractivity contribution in [2.45, 2.75) is 0 Å². The first-order chi connectivity index (χ1) is 15.0. The van der Waals surface area contributed by atoms with Crippen LogP contribution in [-0.4, -0.2) is 15.9 Å². The van der Waals surface area contributed by atoms with Crippen molar-refractivity contribution in [1.82, 2.24) is 9.97 Å². The summed E-state index contributed by atoms with van der Waals surface area (Å²) in [6.45, 7) is 0. The van der Waals surface area contributed by atoms with Crippen LogP contribution in [0.15, 0.2) is 79.3 Å². The van der Waals surface area contributed by atoms with Crippen LogP contribution in [0.5, 0.6) is 11.6 Å². The fraction of sp³-hybridized carbons (Fsp3) is 0. The van der Waals surface area contributed by atoms with Crippen molar-refractivity contribution in [3.8, 4) is 22.8 Å². The van der Waals surface area contributed by atoms with E-state index in [2.05, 4.69) is 15.3 Å². The molecule has 154 valence electrons. The molecule has 0 aliphatic heterocycles. The van der Waals surface area contributed by atoms with Crippen molar-refractivity contribution in [3.05, 3.63) is 102 Å². The predicted octanol–water partition coefficient (Wildman–Crippen LogP) is 5.61. The molecule has 1 heterocycles. The summed E-state index contributed by atoms with van der Waals surface area (Å²) >= 11 is 0. The van der Waals surface area contributed by atoms with Crippen LogP contribution < -0.4 is 10.1 Å². The normalized spacial score (nSPS) is 10.5. The second-order valence-electron chi connectivity index (χ2n) is 6.46. The van der Waals surface area contributed by atoms with Crippen LogP contribution in [0, 0.1) is 17.5 Å². The van der Waals surface area contributed by atoms with E-state index >= 15 is 0 Å². The predicted molar refractivity (Wildman–Crippen MR) is 108 cm³/mol. The van der Waals surface area contributed by atoms with E-state index in [1.165, 1.54) is 42.9 Å². The van der Waals surface area contributed by atoms with Gasteiger partial charge in [-0.1, -0.05) is 18.2 Å². The Bertz CT molecular complexity index is 1210. The molecule has 1 N–H and O–H groups in total. The molecule has 8 heteroatoms. The Morgan fingerprint density at radius 1 is 0.871 bits per heavy atom. The van der Waals surface area contributed by atoms with Gasteiger partial charge < -0.3 is 10.1 Å². The van der Waals surface area contributed by atoms with Crippen molar-refractivity contribution in [3.63, 3.8) is 0 Å². The minimum atomic E-state index is -1.52. The molecule has 31 heavy (non-hydrogen) atoms. The van der Waals surface area contributed by atoms with Crippen molar-refractivity contribution in [2.24, 2.45) is 0 Å². The summed E-state index contributed by atoms with van der Waals surface area (Å²) < 4.78 is 45.6. The summed E-state index contributed by atoms with van der Waals surface area (Å²) in [7, 11) is 0. The van der Waals surface area contributed by atoms with Crippen LogP contribution in [-0.2, 0) is 0 Å². The number of hydrogen-bond donors (Lipinski definition) is 1. The topological polar surface area (TPSA) is 64.1 Å². The molecule has 3 aromatic carbocycles. The van der Waals surface area contributed by atoms with E-state index in [0.29, 0.717) is 28.4 Å². The maximum absolute atomic E-state index is 13.4. The third kappa shape index (κ3) is 4.69. The fourth-order valence-electron chi connectivity index (χ4n) is 2.84.